The zero-order valence-electron chi connectivity index (χ0n) is 12.0. The van der Waals surface area contributed by atoms with E-state index in [2.05, 4.69) is 41.7 Å². The van der Waals surface area contributed by atoms with Gasteiger partial charge in [-0.1, -0.05) is 30.3 Å². The summed E-state index contributed by atoms with van der Waals surface area (Å²) in [6.45, 7) is 1.59. The van der Waals surface area contributed by atoms with Gasteiger partial charge < -0.3 is 4.74 Å². The van der Waals surface area contributed by atoms with Gasteiger partial charge in [-0.25, -0.2) is 0 Å². The molecule has 0 spiro atoms. The highest BCUT2D eigenvalue weighted by Crippen LogP contribution is 2.39. The average molecular weight is 272 g/mol. The van der Waals surface area contributed by atoms with E-state index in [0.29, 0.717) is 0 Å². The van der Waals surface area contributed by atoms with Crippen LogP contribution < -0.4 is 11.3 Å². The fraction of sp³-hybridized carbons (Fsp3) is 0.529. The van der Waals surface area contributed by atoms with Crippen LogP contribution in [0.2, 0.25) is 0 Å². The topological polar surface area (TPSA) is 47.3 Å². The van der Waals surface area contributed by atoms with Crippen LogP contribution in [-0.4, -0.2) is 19.3 Å². The number of rotatable bonds is 6. The molecule has 1 saturated heterocycles. The largest absolute Gasteiger partial charge is 0.381 e. The lowest BCUT2D eigenvalue weighted by Gasteiger charge is -2.44. The predicted octanol–water partition coefficient (Wildman–Crippen LogP) is 2.37. The van der Waals surface area contributed by atoms with Crippen LogP contribution in [0, 0.1) is 12.3 Å². The highest BCUT2D eigenvalue weighted by atomic mass is 16.5. The maximum absolute atomic E-state index is 5.87. The van der Waals surface area contributed by atoms with Crippen LogP contribution in [0.15, 0.2) is 30.3 Å². The Morgan fingerprint density at radius 2 is 2.00 bits per heavy atom. The smallest absolute Gasteiger partial charge is 0.0475 e. The second-order valence-corrected chi connectivity index (χ2v) is 5.45. The third kappa shape index (κ3) is 3.21. The SMILES string of the molecule is C#CCCCC(NN)C1(c2ccccc2)CCOCC1. The molecule has 1 aliphatic rings. The van der Waals surface area contributed by atoms with E-state index in [1.165, 1.54) is 5.56 Å². The fourth-order valence-corrected chi connectivity index (χ4v) is 3.27. The third-order valence-electron chi connectivity index (χ3n) is 4.42. The number of hydrogen-bond donors (Lipinski definition) is 2. The molecule has 1 aromatic carbocycles. The summed E-state index contributed by atoms with van der Waals surface area (Å²) in [5.41, 5.74) is 4.46. The Morgan fingerprint density at radius 1 is 1.30 bits per heavy atom. The lowest BCUT2D eigenvalue weighted by Crippen LogP contribution is -2.53. The molecule has 0 aliphatic carbocycles. The van der Waals surface area contributed by atoms with Crippen molar-refractivity contribution in [2.75, 3.05) is 13.2 Å². The number of hydrogen-bond acceptors (Lipinski definition) is 3. The summed E-state index contributed by atoms with van der Waals surface area (Å²) in [6.07, 6.45) is 10.2. The van der Waals surface area contributed by atoms with E-state index in [1.54, 1.807) is 0 Å². The molecular formula is C17H24N2O. The summed E-state index contributed by atoms with van der Waals surface area (Å²) in [5.74, 6) is 8.57. The van der Waals surface area contributed by atoms with Crippen LogP contribution in [0.3, 0.4) is 0 Å². The average Bonchev–Trinajstić information content (AvgIpc) is 2.53. The fourth-order valence-electron chi connectivity index (χ4n) is 3.27. The highest BCUT2D eigenvalue weighted by Gasteiger charge is 2.40. The lowest BCUT2D eigenvalue weighted by atomic mass is 9.67. The Labute approximate surface area is 121 Å². The molecule has 0 saturated carbocycles. The molecule has 1 aromatic rings. The molecule has 108 valence electrons. The van der Waals surface area contributed by atoms with E-state index in [0.717, 1.165) is 45.3 Å². The van der Waals surface area contributed by atoms with E-state index in [1.807, 2.05) is 0 Å². The van der Waals surface area contributed by atoms with Crippen LogP contribution >= 0.6 is 0 Å². The summed E-state index contributed by atoms with van der Waals surface area (Å²) in [5, 5.41) is 0. The summed E-state index contributed by atoms with van der Waals surface area (Å²) in [4.78, 5) is 0. The van der Waals surface area contributed by atoms with E-state index in [4.69, 9.17) is 17.0 Å². The molecule has 0 aromatic heterocycles. The minimum absolute atomic E-state index is 0.0584. The molecule has 3 N–H and O–H groups in total. The van der Waals surface area contributed by atoms with Crippen molar-refractivity contribution in [3.63, 3.8) is 0 Å². The van der Waals surface area contributed by atoms with Crippen molar-refractivity contribution >= 4 is 0 Å². The van der Waals surface area contributed by atoms with E-state index in [9.17, 15) is 0 Å². The maximum atomic E-state index is 5.87. The molecular weight excluding hydrogens is 248 g/mol. The lowest BCUT2D eigenvalue weighted by molar-refractivity contribution is 0.0327. The van der Waals surface area contributed by atoms with Gasteiger partial charge in [-0.05, 0) is 31.2 Å². The van der Waals surface area contributed by atoms with Crippen molar-refractivity contribution in [1.82, 2.24) is 5.43 Å². The van der Waals surface area contributed by atoms with Gasteiger partial charge in [0.2, 0.25) is 0 Å². The zero-order valence-corrected chi connectivity index (χ0v) is 12.0. The monoisotopic (exact) mass is 272 g/mol. The number of terminal acetylenes is 1. The quantitative estimate of drug-likeness (QED) is 0.362. The van der Waals surface area contributed by atoms with Gasteiger partial charge in [0.25, 0.3) is 0 Å². The van der Waals surface area contributed by atoms with Crippen molar-refractivity contribution in [1.29, 1.82) is 0 Å². The molecule has 0 amide bonds. The third-order valence-corrected chi connectivity index (χ3v) is 4.42. The summed E-state index contributed by atoms with van der Waals surface area (Å²) in [7, 11) is 0. The number of nitrogens with two attached hydrogens (primary N) is 1. The number of unbranched alkanes of at least 4 members (excludes halogenated alkanes) is 1. The van der Waals surface area contributed by atoms with Crippen LogP contribution in [0.4, 0.5) is 0 Å². The summed E-state index contributed by atoms with van der Waals surface area (Å²) >= 11 is 0. The van der Waals surface area contributed by atoms with Crippen molar-refractivity contribution in [2.45, 2.75) is 43.6 Å². The maximum Gasteiger partial charge on any atom is 0.0475 e. The zero-order chi connectivity index (χ0) is 14.3. The number of nitrogens with one attached hydrogen (secondary N) is 1. The van der Waals surface area contributed by atoms with E-state index < -0.39 is 0 Å². The second-order valence-electron chi connectivity index (χ2n) is 5.45. The van der Waals surface area contributed by atoms with Gasteiger partial charge in [0, 0.05) is 31.1 Å². The summed E-state index contributed by atoms with van der Waals surface area (Å²) in [6, 6.07) is 10.9. The van der Waals surface area contributed by atoms with Gasteiger partial charge in [0.15, 0.2) is 0 Å². The molecule has 3 heteroatoms. The Balaban J connectivity index is 2.23. The van der Waals surface area contributed by atoms with Crippen LogP contribution in [0.25, 0.3) is 0 Å². The normalized spacial score (nSPS) is 19.2. The predicted molar refractivity (Wildman–Crippen MR) is 82.0 cm³/mol. The van der Waals surface area contributed by atoms with Crippen molar-refractivity contribution < 1.29 is 4.74 Å². The number of ether oxygens (including phenoxy) is 1. The first-order valence-electron chi connectivity index (χ1n) is 7.36. The number of benzene rings is 1. The van der Waals surface area contributed by atoms with Gasteiger partial charge in [-0.15, -0.1) is 12.3 Å². The molecule has 3 nitrogen and oxygen atoms in total. The van der Waals surface area contributed by atoms with E-state index >= 15 is 0 Å². The Kier molecular flexibility index (Phi) is 5.60. The summed E-state index contributed by atoms with van der Waals surface area (Å²) < 4.78 is 5.57. The minimum atomic E-state index is 0.0584. The van der Waals surface area contributed by atoms with Crippen LogP contribution in [0.5, 0.6) is 0 Å². The Hall–Kier alpha value is -1.34. The molecule has 1 aliphatic heterocycles. The van der Waals surface area contributed by atoms with Gasteiger partial charge in [0.1, 0.15) is 0 Å². The van der Waals surface area contributed by atoms with Crippen LogP contribution in [-0.2, 0) is 10.2 Å². The first-order valence-corrected chi connectivity index (χ1v) is 7.36. The number of hydrazine groups is 1. The molecule has 20 heavy (non-hydrogen) atoms. The highest BCUT2D eigenvalue weighted by molar-refractivity contribution is 5.28. The van der Waals surface area contributed by atoms with Gasteiger partial charge >= 0.3 is 0 Å². The Morgan fingerprint density at radius 3 is 2.60 bits per heavy atom. The minimum Gasteiger partial charge on any atom is -0.381 e. The second kappa shape index (κ2) is 7.44. The molecule has 0 radical (unpaired) electrons. The van der Waals surface area contributed by atoms with Crippen molar-refractivity contribution in [2.24, 2.45) is 5.84 Å². The molecule has 0 bridgehead atoms. The standard InChI is InChI=1S/C17H24N2O/c1-2-3-5-10-16(19-18)17(11-13-20-14-12-17)15-8-6-4-7-9-15/h1,4,6-9,16,19H,3,5,10-14,18H2. The molecule has 1 heterocycles. The van der Waals surface area contributed by atoms with Crippen LogP contribution in [0.1, 0.15) is 37.7 Å². The Bertz CT molecular complexity index is 432. The first-order chi connectivity index (χ1) is 9.83. The van der Waals surface area contributed by atoms with Gasteiger partial charge in [-0.3, -0.25) is 11.3 Å². The molecule has 1 atom stereocenters. The molecule has 2 rings (SSSR count). The van der Waals surface area contributed by atoms with Crippen molar-refractivity contribution in [3.05, 3.63) is 35.9 Å². The molecule has 1 unspecified atom stereocenters. The van der Waals surface area contributed by atoms with Crippen molar-refractivity contribution in [3.8, 4) is 12.3 Å². The first kappa shape index (κ1) is 15.1. The van der Waals surface area contributed by atoms with Gasteiger partial charge in [-0.2, -0.15) is 0 Å². The molecule has 1 fully saturated rings. The van der Waals surface area contributed by atoms with Gasteiger partial charge in [0.05, 0.1) is 0 Å². The van der Waals surface area contributed by atoms with E-state index in [-0.39, 0.29) is 11.5 Å².